The Balaban J connectivity index is -0.0000000128. The fourth-order valence-electron chi connectivity index (χ4n) is 0. The molecule has 0 aromatic rings. The van der Waals surface area contributed by atoms with Crippen molar-refractivity contribution in [2.24, 2.45) is 0 Å². The molecule has 76 valence electrons. The summed E-state index contributed by atoms with van der Waals surface area (Å²) in [5.41, 5.74) is 0. The summed E-state index contributed by atoms with van der Waals surface area (Å²) in [5.74, 6) is -1.49. The van der Waals surface area contributed by atoms with E-state index < -0.39 is 11.9 Å². The van der Waals surface area contributed by atoms with Crippen molar-refractivity contribution < 1.29 is 89.2 Å². The molecule has 0 atom stereocenters. The summed E-state index contributed by atoms with van der Waals surface area (Å²) < 4.78 is 0. The molecule has 0 aliphatic heterocycles. The van der Waals surface area contributed by atoms with Crippen LogP contribution in [0.1, 0.15) is 26.7 Å². The minimum Gasteiger partial charge on any atom is -2.00 e. The normalized spacial score (nSPS) is 4.93. The maximum Gasteiger partial charge on any atom is 2.00 e. The van der Waals surface area contributed by atoms with E-state index in [1.165, 1.54) is 0 Å². The van der Waals surface area contributed by atoms with Crippen LogP contribution >= 0.6 is 0 Å². The molecule has 0 saturated heterocycles. The first-order valence-corrected chi connectivity index (χ1v) is 2.98. The number of carbonyl (C=O) groups is 2. The third-order valence-corrected chi connectivity index (χ3v) is 0.605. The predicted octanol–water partition coefficient (Wildman–Crippen LogP) is 0.717. The number of carboxylic acid groups (broad SMARTS) is 2. The van der Waals surface area contributed by atoms with Crippen LogP contribution in [-0.2, 0) is 79.0 Å². The fourth-order valence-corrected chi connectivity index (χ4v) is 0. The van der Waals surface area contributed by atoms with Gasteiger partial charge in [0.15, 0.2) is 0 Å². The zero-order valence-corrected chi connectivity index (χ0v) is 18.0. The van der Waals surface area contributed by atoms with Gasteiger partial charge in [-0.3, -0.25) is 9.59 Å². The molecule has 0 heterocycles. The van der Waals surface area contributed by atoms with Crippen molar-refractivity contribution in [3.05, 3.63) is 0 Å². The summed E-state index contributed by atoms with van der Waals surface area (Å²) in [4.78, 5) is 18.7. The largest absolute Gasteiger partial charge is 2.00 e. The average Bonchev–Trinajstić information content (AvgIpc) is 1.89. The molecule has 0 amide bonds. The van der Waals surface area contributed by atoms with Gasteiger partial charge in [-0.2, -0.15) is 0 Å². The Bertz CT molecular complexity index is 107. The van der Waals surface area contributed by atoms with Crippen LogP contribution in [0.3, 0.4) is 0 Å². The van der Waals surface area contributed by atoms with Crippen molar-refractivity contribution in [3.8, 4) is 0 Å². The third-order valence-electron chi connectivity index (χ3n) is 0.605. The standard InChI is InChI=1S/2C3H6O2.2O.3Zn/c2*1-2-3(4)5;;;;;/h2*2H2,1H3,(H,4,5);;;;;/q;;2*-2;3*+2. The van der Waals surface area contributed by atoms with Crippen LogP contribution in [0.15, 0.2) is 0 Å². The Hall–Kier alpha value is 0.730. The zero-order chi connectivity index (χ0) is 8.57. The molecule has 15 heavy (non-hydrogen) atoms. The Morgan fingerprint density at radius 1 is 0.800 bits per heavy atom. The van der Waals surface area contributed by atoms with Gasteiger partial charge < -0.3 is 21.2 Å². The van der Waals surface area contributed by atoms with Crippen LogP contribution in [0.25, 0.3) is 0 Å². The van der Waals surface area contributed by atoms with Crippen molar-refractivity contribution in [2.45, 2.75) is 26.7 Å². The zero-order valence-electron chi connectivity index (χ0n) is 9.06. The Kier molecular flexibility index (Phi) is 109. The second kappa shape index (κ2) is 36.4. The maximum absolute atomic E-state index is 9.37. The molecule has 0 rings (SSSR count). The SMILES string of the molecule is CCC(=O)O.CCC(=O)O.[O-2].[O-2].[Zn+2].[Zn+2].[Zn+2]. The number of aliphatic carboxylic acids is 2. The van der Waals surface area contributed by atoms with Gasteiger partial charge in [-0.05, 0) is 0 Å². The van der Waals surface area contributed by atoms with E-state index in [1.54, 1.807) is 13.8 Å². The van der Waals surface area contributed by atoms with E-state index in [4.69, 9.17) is 10.2 Å². The van der Waals surface area contributed by atoms with Gasteiger partial charge in [0.1, 0.15) is 0 Å². The molecule has 0 bridgehead atoms. The Morgan fingerprint density at radius 3 is 0.867 bits per heavy atom. The number of carboxylic acids is 2. The third kappa shape index (κ3) is 107. The predicted molar refractivity (Wildman–Crippen MR) is 37.2 cm³/mol. The summed E-state index contributed by atoms with van der Waals surface area (Å²) in [6.45, 7) is 3.20. The minimum absolute atomic E-state index is 0. The van der Waals surface area contributed by atoms with E-state index in [0.717, 1.165) is 0 Å². The van der Waals surface area contributed by atoms with Crippen LogP contribution in [0.2, 0.25) is 0 Å². The monoisotopic (exact) mass is 372 g/mol. The first-order chi connectivity index (χ1) is 4.54. The minimum atomic E-state index is -0.745. The molecule has 2 N–H and O–H groups in total. The van der Waals surface area contributed by atoms with E-state index in [1.807, 2.05) is 0 Å². The number of hydrogen-bond donors (Lipinski definition) is 2. The molecular weight excluding hydrogens is 364 g/mol. The fraction of sp³-hybridized carbons (Fsp3) is 0.667. The molecule has 0 aliphatic carbocycles. The van der Waals surface area contributed by atoms with Crippen LogP contribution in [0.4, 0.5) is 0 Å². The quantitative estimate of drug-likeness (QED) is 0.687. The molecule has 0 aliphatic rings. The molecule has 0 aromatic carbocycles. The number of rotatable bonds is 2. The molecule has 0 radical (unpaired) electrons. The van der Waals surface area contributed by atoms with Crippen LogP contribution in [-0.4, -0.2) is 22.2 Å². The summed E-state index contributed by atoms with van der Waals surface area (Å²) in [6.07, 6.45) is 0.444. The number of hydrogen-bond acceptors (Lipinski definition) is 2. The van der Waals surface area contributed by atoms with Crippen molar-refractivity contribution >= 4 is 11.9 Å². The molecule has 0 aromatic heterocycles. The van der Waals surface area contributed by atoms with Crippen molar-refractivity contribution in [1.82, 2.24) is 0 Å². The molecule has 0 spiro atoms. The van der Waals surface area contributed by atoms with Crippen LogP contribution in [0.5, 0.6) is 0 Å². The van der Waals surface area contributed by atoms with Crippen molar-refractivity contribution in [1.29, 1.82) is 0 Å². The first-order valence-electron chi connectivity index (χ1n) is 2.98. The maximum atomic E-state index is 9.37. The van der Waals surface area contributed by atoms with Gasteiger partial charge in [0.2, 0.25) is 0 Å². The summed E-state index contributed by atoms with van der Waals surface area (Å²) in [6, 6.07) is 0. The molecule has 6 nitrogen and oxygen atoms in total. The van der Waals surface area contributed by atoms with Crippen molar-refractivity contribution in [2.75, 3.05) is 0 Å². The van der Waals surface area contributed by atoms with Crippen molar-refractivity contribution in [3.63, 3.8) is 0 Å². The topological polar surface area (TPSA) is 132 Å². The summed E-state index contributed by atoms with van der Waals surface area (Å²) in [5, 5.41) is 15.4. The van der Waals surface area contributed by atoms with E-state index in [-0.39, 0.29) is 82.2 Å². The first kappa shape index (κ1) is 44.8. The average molecular weight is 376 g/mol. The molecule has 0 unspecified atom stereocenters. The van der Waals surface area contributed by atoms with Gasteiger partial charge in [0.25, 0.3) is 0 Å². The van der Waals surface area contributed by atoms with Gasteiger partial charge in [-0.25, -0.2) is 0 Å². The van der Waals surface area contributed by atoms with E-state index in [9.17, 15) is 9.59 Å². The summed E-state index contributed by atoms with van der Waals surface area (Å²) in [7, 11) is 0. The van der Waals surface area contributed by atoms with Gasteiger partial charge in [0.05, 0.1) is 0 Å². The molecule has 0 saturated carbocycles. The van der Waals surface area contributed by atoms with Crippen LogP contribution in [0, 0.1) is 0 Å². The summed E-state index contributed by atoms with van der Waals surface area (Å²) >= 11 is 0. The second-order valence-electron chi connectivity index (χ2n) is 1.49. The van der Waals surface area contributed by atoms with E-state index in [2.05, 4.69) is 0 Å². The van der Waals surface area contributed by atoms with E-state index >= 15 is 0 Å². The van der Waals surface area contributed by atoms with Gasteiger partial charge in [-0.15, -0.1) is 0 Å². The molecule has 9 heteroatoms. The molecular formula is C6H12O6Zn3+2. The van der Waals surface area contributed by atoms with Gasteiger partial charge in [-0.1, -0.05) is 13.8 Å². The molecule has 0 fully saturated rings. The van der Waals surface area contributed by atoms with Crippen LogP contribution < -0.4 is 0 Å². The Labute approximate surface area is 127 Å². The van der Waals surface area contributed by atoms with E-state index in [0.29, 0.717) is 0 Å². The van der Waals surface area contributed by atoms with Gasteiger partial charge in [0, 0.05) is 12.8 Å². The Morgan fingerprint density at radius 2 is 0.867 bits per heavy atom. The van der Waals surface area contributed by atoms with Gasteiger partial charge >= 0.3 is 70.4 Å². The smallest absolute Gasteiger partial charge is 2.00 e. The second-order valence-corrected chi connectivity index (χ2v) is 1.49.